The summed E-state index contributed by atoms with van der Waals surface area (Å²) in [5, 5.41) is 1.36. The van der Waals surface area contributed by atoms with Crippen LogP contribution in [0.5, 0.6) is 17.4 Å². The fourth-order valence-electron chi connectivity index (χ4n) is 7.69. The Bertz CT molecular complexity index is 1900. The number of likely N-dealkylation sites (tertiary alicyclic amines) is 1. The fourth-order valence-corrected chi connectivity index (χ4v) is 9.45. The Labute approximate surface area is 302 Å². The molecule has 1 unspecified atom stereocenters. The van der Waals surface area contributed by atoms with Gasteiger partial charge in [0.05, 0.1) is 31.5 Å². The first-order valence-electron chi connectivity index (χ1n) is 17.2. The molecule has 2 amide bonds. The van der Waals surface area contributed by atoms with Gasteiger partial charge < -0.3 is 19.1 Å². The highest BCUT2D eigenvalue weighted by molar-refractivity contribution is 7.93. The molecule has 0 radical (unpaired) electrons. The molecule has 51 heavy (non-hydrogen) atoms. The van der Waals surface area contributed by atoms with Crippen LogP contribution in [0.25, 0.3) is 0 Å². The SMILES string of the molecule is CCOc1ncccc1C1(C(=O)NN2CCC(C3CCN(CC)CC3)CC2)C(=O)N(S(=O)(=O)c2ccc(OC)cc2OC)c2cc(F)c(Cl)cc21. The number of benzene rings is 2. The van der Waals surface area contributed by atoms with Crippen LogP contribution in [0, 0.1) is 17.7 Å². The Kier molecular flexibility index (Phi) is 10.8. The number of ether oxygens (including phenoxy) is 3. The highest BCUT2D eigenvalue weighted by Gasteiger charge is 2.63. The van der Waals surface area contributed by atoms with Crippen LogP contribution in [-0.2, 0) is 25.0 Å². The molecule has 0 bridgehead atoms. The number of hydrogen-bond acceptors (Lipinski definition) is 10. The van der Waals surface area contributed by atoms with E-state index in [4.69, 9.17) is 25.8 Å². The zero-order chi connectivity index (χ0) is 36.5. The number of amides is 2. The topological polar surface area (TPSA) is 131 Å². The quantitative estimate of drug-likeness (QED) is 0.274. The first-order chi connectivity index (χ1) is 24.5. The van der Waals surface area contributed by atoms with Crippen LogP contribution in [0.15, 0.2) is 53.6 Å². The van der Waals surface area contributed by atoms with Gasteiger partial charge in [-0.3, -0.25) is 15.0 Å². The summed E-state index contributed by atoms with van der Waals surface area (Å²) in [5.74, 6) is -1.78. The van der Waals surface area contributed by atoms with Crippen molar-refractivity contribution in [2.45, 2.75) is 49.8 Å². The first kappa shape index (κ1) is 36.8. The van der Waals surface area contributed by atoms with Crippen molar-refractivity contribution in [3.63, 3.8) is 0 Å². The van der Waals surface area contributed by atoms with Crippen molar-refractivity contribution < 1.29 is 36.6 Å². The molecule has 3 aliphatic heterocycles. The van der Waals surface area contributed by atoms with Crippen LogP contribution in [-0.4, -0.2) is 88.7 Å². The number of nitrogens with one attached hydrogen (secondary N) is 1. The second-order valence-electron chi connectivity index (χ2n) is 13.0. The number of piperidine rings is 2. The number of sulfonamides is 1. The largest absolute Gasteiger partial charge is 0.497 e. The van der Waals surface area contributed by atoms with Gasteiger partial charge in [0.2, 0.25) is 5.88 Å². The van der Waals surface area contributed by atoms with Crippen LogP contribution in [0.2, 0.25) is 5.02 Å². The van der Waals surface area contributed by atoms with Crippen molar-refractivity contribution >= 4 is 39.1 Å². The number of pyridine rings is 1. The third kappa shape index (κ3) is 6.51. The predicted octanol–water partition coefficient (Wildman–Crippen LogP) is 4.79. The van der Waals surface area contributed by atoms with Gasteiger partial charge in [0.15, 0.2) is 5.41 Å². The molecule has 1 N–H and O–H groups in total. The first-order valence-corrected chi connectivity index (χ1v) is 19.0. The van der Waals surface area contributed by atoms with Gasteiger partial charge in [-0.2, -0.15) is 0 Å². The Balaban J connectivity index is 1.44. The Morgan fingerprint density at radius 2 is 1.69 bits per heavy atom. The molecule has 1 atom stereocenters. The Hall–Kier alpha value is -3.98. The van der Waals surface area contributed by atoms with Gasteiger partial charge in [0.1, 0.15) is 22.2 Å². The number of carbonyl (C=O) groups is 2. The molecule has 15 heteroatoms. The normalized spacial score (nSPS) is 20.7. The van der Waals surface area contributed by atoms with Gasteiger partial charge in [-0.05, 0) is 88.3 Å². The molecule has 0 saturated carbocycles. The number of halogens is 2. The number of methoxy groups -OCH3 is 2. The summed E-state index contributed by atoms with van der Waals surface area (Å²) in [6, 6.07) is 8.94. The fraction of sp³-hybridized carbons (Fsp3) is 0.472. The number of anilines is 1. The second kappa shape index (κ2) is 14.9. The maximum Gasteiger partial charge on any atom is 0.274 e. The third-order valence-electron chi connectivity index (χ3n) is 10.4. The van der Waals surface area contributed by atoms with Crippen molar-refractivity contribution in [1.29, 1.82) is 0 Å². The average Bonchev–Trinajstić information content (AvgIpc) is 3.39. The smallest absolute Gasteiger partial charge is 0.274 e. The standard InChI is InChI=1S/C36H43ClFN5O7S/c1-5-41-16-11-23(12-17-41)24-13-18-42(19-14-24)40-34(44)36(26-8-7-15-39-33(26)50-6-2)27-21-28(37)29(38)22-30(27)43(35(36)45)51(46,47)32-10-9-25(48-3)20-31(32)49-4/h7-10,15,20-24H,5-6,11-14,16-19H2,1-4H3,(H,40,44). The lowest BCUT2D eigenvalue weighted by Crippen LogP contribution is -2.58. The summed E-state index contributed by atoms with van der Waals surface area (Å²) in [6.45, 7) is 8.30. The van der Waals surface area contributed by atoms with Crippen LogP contribution in [0.3, 0.4) is 0 Å². The molecule has 12 nitrogen and oxygen atoms in total. The van der Waals surface area contributed by atoms with Crippen LogP contribution in [0.4, 0.5) is 10.1 Å². The lowest BCUT2D eigenvalue weighted by Gasteiger charge is -2.40. The molecule has 0 spiro atoms. The van der Waals surface area contributed by atoms with E-state index < -0.39 is 43.0 Å². The van der Waals surface area contributed by atoms with Crippen molar-refractivity contribution in [3.05, 3.63) is 70.6 Å². The van der Waals surface area contributed by atoms with E-state index in [9.17, 15) is 13.2 Å². The Morgan fingerprint density at radius 3 is 2.31 bits per heavy atom. The molecule has 4 heterocycles. The molecule has 2 aromatic carbocycles. The summed E-state index contributed by atoms with van der Waals surface area (Å²) < 4.78 is 61.4. The average molecular weight is 744 g/mol. The molecule has 1 aromatic heterocycles. The number of fused-ring (bicyclic) bond motifs is 1. The molecule has 3 aromatic rings. The summed E-state index contributed by atoms with van der Waals surface area (Å²) >= 11 is 6.34. The van der Waals surface area contributed by atoms with Crippen LogP contribution >= 0.6 is 11.6 Å². The lowest BCUT2D eigenvalue weighted by molar-refractivity contribution is -0.137. The van der Waals surface area contributed by atoms with Crippen molar-refractivity contribution in [2.24, 2.45) is 11.8 Å². The third-order valence-corrected chi connectivity index (χ3v) is 12.4. The second-order valence-corrected chi connectivity index (χ2v) is 15.1. The van der Waals surface area contributed by atoms with Gasteiger partial charge in [0.25, 0.3) is 21.8 Å². The number of rotatable bonds is 11. The molecule has 6 rings (SSSR count). The zero-order valence-electron chi connectivity index (χ0n) is 29.2. The van der Waals surface area contributed by atoms with Crippen LogP contribution < -0.4 is 23.9 Å². The minimum Gasteiger partial charge on any atom is -0.497 e. The maximum absolute atomic E-state index is 15.3. The van der Waals surface area contributed by atoms with E-state index in [0.29, 0.717) is 35.0 Å². The zero-order valence-corrected chi connectivity index (χ0v) is 30.7. The van der Waals surface area contributed by atoms with Crippen LogP contribution in [0.1, 0.15) is 50.7 Å². The summed E-state index contributed by atoms with van der Waals surface area (Å²) in [4.78, 5) is 36.5. The number of hydrogen-bond donors (Lipinski definition) is 1. The Morgan fingerprint density at radius 1 is 1.00 bits per heavy atom. The molecule has 0 aliphatic carbocycles. The molecule has 274 valence electrons. The summed E-state index contributed by atoms with van der Waals surface area (Å²) in [6.07, 6.45) is 5.41. The van der Waals surface area contributed by atoms with Crippen molar-refractivity contribution in [1.82, 2.24) is 20.3 Å². The van der Waals surface area contributed by atoms with E-state index in [1.165, 1.54) is 50.7 Å². The molecular formula is C36H43ClFN5O7S. The van der Waals surface area contributed by atoms with E-state index in [1.54, 1.807) is 11.9 Å². The monoisotopic (exact) mass is 743 g/mol. The summed E-state index contributed by atoms with van der Waals surface area (Å²) in [7, 11) is -2.18. The van der Waals surface area contributed by atoms with Gasteiger partial charge in [0, 0.05) is 42.5 Å². The highest BCUT2D eigenvalue weighted by Crippen LogP contribution is 2.52. The van der Waals surface area contributed by atoms with Gasteiger partial charge >= 0.3 is 0 Å². The molecule has 2 saturated heterocycles. The molecule has 3 aliphatic rings. The minimum absolute atomic E-state index is 0.0183. The van der Waals surface area contributed by atoms with E-state index in [0.717, 1.165) is 57.5 Å². The van der Waals surface area contributed by atoms with E-state index in [1.807, 2.05) is 0 Å². The van der Waals surface area contributed by atoms with Crippen molar-refractivity contribution in [2.75, 3.05) is 57.9 Å². The highest BCUT2D eigenvalue weighted by atomic mass is 35.5. The summed E-state index contributed by atoms with van der Waals surface area (Å²) in [5.41, 5.74) is 0.0110. The lowest BCUT2D eigenvalue weighted by atomic mass is 9.74. The number of nitrogens with zero attached hydrogens (tertiary/aromatic N) is 4. The van der Waals surface area contributed by atoms with E-state index in [-0.39, 0.29) is 35.1 Å². The van der Waals surface area contributed by atoms with Crippen molar-refractivity contribution in [3.8, 4) is 17.4 Å². The van der Waals surface area contributed by atoms with Gasteiger partial charge in [-0.25, -0.2) is 27.1 Å². The van der Waals surface area contributed by atoms with Gasteiger partial charge in [-0.1, -0.05) is 24.6 Å². The molecular weight excluding hydrogens is 701 g/mol. The van der Waals surface area contributed by atoms with Gasteiger partial charge in [-0.15, -0.1) is 0 Å². The predicted molar refractivity (Wildman–Crippen MR) is 189 cm³/mol. The minimum atomic E-state index is -4.86. The van der Waals surface area contributed by atoms with E-state index in [2.05, 4.69) is 22.2 Å². The van der Waals surface area contributed by atoms with E-state index >= 15 is 9.18 Å². The number of carbonyl (C=O) groups excluding carboxylic acids is 2. The number of hydrazine groups is 1. The molecule has 2 fully saturated rings. The maximum atomic E-state index is 15.3. The number of aromatic nitrogens is 1.